The van der Waals surface area contributed by atoms with Crippen molar-refractivity contribution in [2.45, 2.75) is 26.3 Å². The number of hydrogen-bond donors (Lipinski definition) is 1. The zero-order valence-corrected chi connectivity index (χ0v) is 12.7. The largest absolute Gasteiger partial charge is 0.322 e. The van der Waals surface area contributed by atoms with Crippen LogP contribution in [-0.4, -0.2) is 0 Å². The van der Waals surface area contributed by atoms with Crippen molar-refractivity contribution in [3.8, 4) is 10.4 Å². The van der Waals surface area contributed by atoms with E-state index in [2.05, 4.69) is 52.5 Å². The molecule has 1 heterocycles. The van der Waals surface area contributed by atoms with Crippen LogP contribution in [0.5, 0.6) is 0 Å². The molecule has 0 aliphatic carbocycles. The maximum atomic E-state index is 6.11. The van der Waals surface area contributed by atoms with Gasteiger partial charge in [0, 0.05) is 14.9 Å². The zero-order chi connectivity index (χ0) is 12.6. The number of hydrogen-bond acceptors (Lipinski definition) is 2. The molecule has 0 bridgehead atoms. The van der Waals surface area contributed by atoms with E-state index in [1.54, 1.807) is 11.3 Å². The number of nitrogens with two attached hydrogens (primary N) is 1. The standard InChI is InChI=1S/C14H16BrNS/c1-9-6-11(15)4-5-12(9)13-7-10(8-17-13)14(2,3)16/h4-8H,16H2,1-3H3. The maximum Gasteiger partial charge on any atom is 0.0360 e. The van der Waals surface area contributed by atoms with Gasteiger partial charge in [0.25, 0.3) is 0 Å². The van der Waals surface area contributed by atoms with Gasteiger partial charge in [-0.2, -0.15) is 0 Å². The highest BCUT2D eigenvalue weighted by Gasteiger charge is 2.16. The van der Waals surface area contributed by atoms with Crippen molar-refractivity contribution in [2.75, 3.05) is 0 Å². The molecule has 2 aromatic rings. The summed E-state index contributed by atoms with van der Waals surface area (Å²) in [5.41, 5.74) is 9.60. The molecule has 1 aromatic carbocycles. The second-order valence-corrected chi connectivity index (χ2v) is 6.71. The third-order valence-electron chi connectivity index (χ3n) is 2.80. The summed E-state index contributed by atoms with van der Waals surface area (Å²) in [7, 11) is 0. The monoisotopic (exact) mass is 309 g/mol. The predicted octanol–water partition coefficient (Wildman–Crippen LogP) is 4.68. The molecular formula is C14H16BrNS. The van der Waals surface area contributed by atoms with E-state index in [9.17, 15) is 0 Å². The SMILES string of the molecule is Cc1cc(Br)ccc1-c1cc(C(C)(C)N)cs1. The summed E-state index contributed by atoms with van der Waals surface area (Å²) in [6, 6.07) is 8.57. The minimum Gasteiger partial charge on any atom is -0.322 e. The second kappa shape index (κ2) is 4.56. The van der Waals surface area contributed by atoms with Gasteiger partial charge < -0.3 is 5.73 Å². The molecule has 0 radical (unpaired) electrons. The van der Waals surface area contributed by atoms with Crippen molar-refractivity contribution in [2.24, 2.45) is 5.73 Å². The molecule has 17 heavy (non-hydrogen) atoms. The number of aryl methyl sites for hydroxylation is 1. The fourth-order valence-corrected chi connectivity index (χ4v) is 3.37. The Kier molecular flexibility index (Phi) is 3.43. The highest BCUT2D eigenvalue weighted by Crippen LogP contribution is 2.33. The summed E-state index contributed by atoms with van der Waals surface area (Å²) in [5.74, 6) is 0. The van der Waals surface area contributed by atoms with Crippen molar-refractivity contribution in [3.63, 3.8) is 0 Å². The number of thiophene rings is 1. The van der Waals surface area contributed by atoms with Crippen molar-refractivity contribution in [1.82, 2.24) is 0 Å². The normalized spacial score (nSPS) is 11.8. The number of halogens is 1. The Morgan fingerprint density at radius 2 is 1.94 bits per heavy atom. The highest BCUT2D eigenvalue weighted by atomic mass is 79.9. The summed E-state index contributed by atoms with van der Waals surface area (Å²) in [6.45, 7) is 6.20. The minimum atomic E-state index is -0.266. The van der Waals surface area contributed by atoms with Crippen LogP contribution in [0.2, 0.25) is 0 Å². The Morgan fingerprint density at radius 1 is 1.24 bits per heavy atom. The summed E-state index contributed by atoms with van der Waals surface area (Å²) in [4.78, 5) is 1.28. The summed E-state index contributed by atoms with van der Waals surface area (Å²) in [6.07, 6.45) is 0. The lowest BCUT2D eigenvalue weighted by atomic mass is 9.97. The van der Waals surface area contributed by atoms with Crippen LogP contribution in [0.3, 0.4) is 0 Å². The minimum absolute atomic E-state index is 0.266. The predicted molar refractivity (Wildman–Crippen MR) is 79.4 cm³/mol. The van der Waals surface area contributed by atoms with Crippen LogP contribution >= 0.6 is 27.3 Å². The molecule has 0 amide bonds. The lowest BCUT2D eigenvalue weighted by molar-refractivity contribution is 0.557. The van der Waals surface area contributed by atoms with Crippen LogP contribution in [0.4, 0.5) is 0 Å². The number of benzene rings is 1. The van der Waals surface area contributed by atoms with Gasteiger partial charge in [0.1, 0.15) is 0 Å². The van der Waals surface area contributed by atoms with Crippen molar-refractivity contribution < 1.29 is 0 Å². The van der Waals surface area contributed by atoms with E-state index in [-0.39, 0.29) is 5.54 Å². The Morgan fingerprint density at radius 3 is 2.47 bits per heavy atom. The van der Waals surface area contributed by atoms with Gasteiger partial charge in [0.15, 0.2) is 0 Å². The Hall–Kier alpha value is -0.640. The lowest BCUT2D eigenvalue weighted by Gasteiger charge is -2.16. The van der Waals surface area contributed by atoms with Gasteiger partial charge in [0.2, 0.25) is 0 Å². The van der Waals surface area contributed by atoms with Crippen LogP contribution in [0, 0.1) is 6.92 Å². The van der Waals surface area contributed by atoms with Gasteiger partial charge in [-0.15, -0.1) is 11.3 Å². The van der Waals surface area contributed by atoms with Gasteiger partial charge in [-0.1, -0.05) is 22.0 Å². The van der Waals surface area contributed by atoms with E-state index in [0.29, 0.717) is 0 Å². The molecule has 1 nitrogen and oxygen atoms in total. The van der Waals surface area contributed by atoms with Crippen LogP contribution in [-0.2, 0) is 5.54 Å². The summed E-state index contributed by atoms with van der Waals surface area (Å²) in [5, 5.41) is 2.15. The molecule has 0 atom stereocenters. The van der Waals surface area contributed by atoms with E-state index in [1.807, 2.05) is 13.8 Å². The first-order chi connectivity index (χ1) is 7.88. The van der Waals surface area contributed by atoms with Crippen LogP contribution < -0.4 is 5.73 Å². The third kappa shape index (κ3) is 2.79. The number of rotatable bonds is 2. The Balaban J connectivity index is 2.44. The van der Waals surface area contributed by atoms with E-state index < -0.39 is 0 Å². The molecule has 2 N–H and O–H groups in total. The first-order valence-electron chi connectivity index (χ1n) is 5.52. The molecule has 2 rings (SSSR count). The maximum absolute atomic E-state index is 6.11. The fraction of sp³-hybridized carbons (Fsp3) is 0.286. The van der Waals surface area contributed by atoms with Gasteiger partial charge in [-0.05, 0) is 61.0 Å². The average molecular weight is 310 g/mol. The molecule has 0 saturated heterocycles. The van der Waals surface area contributed by atoms with Gasteiger partial charge in [-0.25, -0.2) is 0 Å². The molecule has 3 heteroatoms. The topological polar surface area (TPSA) is 26.0 Å². The van der Waals surface area contributed by atoms with E-state index >= 15 is 0 Å². The van der Waals surface area contributed by atoms with Crippen molar-refractivity contribution >= 4 is 27.3 Å². The van der Waals surface area contributed by atoms with Gasteiger partial charge in [0.05, 0.1) is 0 Å². The fourth-order valence-electron chi connectivity index (χ4n) is 1.72. The first-order valence-corrected chi connectivity index (χ1v) is 7.19. The lowest BCUT2D eigenvalue weighted by Crippen LogP contribution is -2.27. The van der Waals surface area contributed by atoms with Gasteiger partial charge in [-0.3, -0.25) is 0 Å². The summed E-state index contributed by atoms with van der Waals surface area (Å²) < 4.78 is 1.12. The first kappa shape index (κ1) is 12.8. The van der Waals surface area contributed by atoms with Crippen LogP contribution in [0.1, 0.15) is 25.0 Å². The van der Waals surface area contributed by atoms with Crippen LogP contribution in [0.25, 0.3) is 10.4 Å². The molecule has 0 spiro atoms. The molecule has 90 valence electrons. The molecule has 0 aliphatic rings. The molecule has 0 aliphatic heterocycles. The Bertz CT molecular complexity index is 537. The molecule has 0 saturated carbocycles. The molecule has 1 aromatic heterocycles. The quantitative estimate of drug-likeness (QED) is 0.856. The summed E-state index contributed by atoms with van der Waals surface area (Å²) >= 11 is 5.24. The van der Waals surface area contributed by atoms with Crippen molar-refractivity contribution in [3.05, 3.63) is 45.2 Å². The van der Waals surface area contributed by atoms with E-state index in [1.165, 1.54) is 21.6 Å². The van der Waals surface area contributed by atoms with E-state index in [0.717, 1.165) is 4.47 Å². The Labute approximate surface area is 115 Å². The van der Waals surface area contributed by atoms with Crippen molar-refractivity contribution in [1.29, 1.82) is 0 Å². The van der Waals surface area contributed by atoms with Gasteiger partial charge >= 0.3 is 0 Å². The molecule has 0 fully saturated rings. The van der Waals surface area contributed by atoms with E-state index in [4.69, 9.17) is 5.73 Å². The highest BCUT2D eigenvalue weighted by molar-refractivity contribution is 9.10. The zero-order valence-electron chi connectivity index (χ0n) is 10.3. The average Bonchev–Trinajstić information content (AvgIpc) is 2.65. The molecular weight excluding hydrogens is 294 g/mol. The van der Waals surface area contributed by atoms with Crippen LogP contribution in [0.15, 0.2) is 34.1 Å². The second-order valence-electron chi connectivity index (χ2n) is 4.88. The molecule has 0 unspecified atom stereocenters. The third-order valence-corrected chi connectivity index (χ3v) is 4.25. The smallest absolute Gasteiger partial charge is 0.0360 e.